The average Bonchev–Trinajstić information content (AvgIpc) is 2.87. The van der Waals surface area contributed by atoms with Crippen LogP contribution in [0.3, 0.4) is 0 Å². The van der Waals surface area contributed by atoms with E-state index in [9.17, 15) is 9.59 Å². The van der Waals surface area contributed by atoms with E-state index < -0.39 is 0 Å². The summed E-state index contributed by atoms with van der Waals surface area (Å²) >= 11 is 6.57. The van der Waals surface area contributed by atoms with Gasteiger partial charge in [-0.15, -0.1) is 0 Å². The van der Waals surface area contributed by atoms with Gasteiger partial charge in [0.25, 0.3) is 0 Å². The average molecular weight is 351 g/mol. The highest BCUT2D eigenvalue weighted by Crippen LogP contribution is 2.20. The van der Waals surface area contributed by atoms with E-state index in [4.69, 9.17) is 12.2 Å². The van der Waals surface area contributed by atoms with E-state index in [1.165, 1.54) is 11.8 Å². The van der Waals surface area contributed by atoms with E-state index >= 15 is 0 Å². The Morgan fingerprint density at radius 2 is 2.04 bits per heavy atom. The highest BCUT2D eigenvalue weighted by atomic mass is 32.2. The van der Waals surface area contributed by atoms with E-state index in [2.05, 4.69) is 5.32 Å². The van der Waals surface area contributed by atoms with Gasteiger partial charge < -0.3 is 5.32 Å². The normalized spacial score (nSPS) is 15.8. The molecule has 0 unspecified atom stereocenters. The lowest BCUT2D eigenvalue weighted by atomic mass is 10.1. The van der Waals surface area contributed by atoms with Gasteiger partial charge in [0.15, 0.2) is 0 Å². The Balaban J connectivity index is 1.60. The number of benzene rings is 1. The Morgan fingerprint density at radius 1 is 1.30 bits per heavy atom. The van der Waals surface area contributed by atoms with Crippen molar-refractivity contribution >= 4 is 40.1 Å². The summed E-state index contributed by atoms with van der Waals surface area (Å²) in [7, 11) is 0. The molecule has 4 nitrogen and oxygen atoms in total. The van der Waals surface area contributed by atoms with E-state index in [1.54, 1.807) is 4.90 Å². The summed E-state index contributed by atoms with van der Waals surface area (Å²) in [5, 5.41) is 3.01. The molecule has 6 heteroatoms. The number of hydrogen-bond donors (Lipinski definition) is 1. The zero-order valence-corrected chi connectivity index (χ0v) is 14.9. The van der Waals surface area contributed by atoms with Crippen molar-refractivity contribution in [1.82, 2.24) is 10.2 Å². The van der Waals surface area contributed by atoms with Crippen LogP contribution in [0.15, 0.2) is 30.3 Å². The van der Waals surface area contributed by atoms with Gasteiger partial charge in [-0.05, 0) is 25.3 Å². The maximum absolute atomic E-state index is 12.0. The standard InChI is InChI=1S/C17H22N2O2S2/c1-13(14-8-4-2-5-9-14)18-15(20)10-6-3-7-11-19-16(21)12-23-17(19)22/h2,4-5,8-9,13H,3,6-7,10-12H2,1H3,(H,18,20)/t13-/m1/s1. The minimum Gasteiger partial charge on any atom is -0.350 e. The highest BCUT2D eigenvalue weighted by molar-refractivity contribution is 8.23. The molecule has 0 saturated carbocycles. The molecule has 1 aromatic rings. The van der Waals surface area contributed by atoms with Crippen molar-refractivity contribution in [2.45, 2.75) is 38.6 Å². The molecule has 0 aliphatic carbocycles. The molecule has 2 amide bonds. The van der Waals surface area contributed by atoms with Gasteiger partial charge in [0.05, 0.1) is 11.8 Å². The first-order chi connectivity index (χ1) is 11.1. The van der Waals surface area contributed by atoms with Crippen LogP contribution in [0.2, 0.25) is 0 Å². The molecular formula is C17H22N2O2S2. The largest absolute Gasteiger partial charge is 0.350 e. The van der Waals surface area contributed by atoms with Crippen LogP contribution < -0.4 is 5.32 Å². The van der Waals surface area contributed by atoms with Crippen LogP contribution in [0.1, 0.15) is 44.2 Å². The molecule has 124 valence electrons. The monoisotopic (exact) mass is 350 g/mol. The molecule has 1 aliphatic rings. The Bertz CT molecular complexity index is 547. The van der Waals surface area contributed by atoms with Gasteiger partial charge >= 0.3 is 0 Å². The van der Waals surface area contributed by atoms with Crippen LogP contribution in [-0.2, 0) is 9.59 Å². The second-order valence-electron chi connectivity index (χ2n) is 5.61. The minimum atomic E-state index is 0.0281. The van der Waals surface area contributed by atoms with Gasteiger partial charge in [-0.25, -0.2) is 0 Å². The lowest BCUT2D eigenvalue weighted by Gasteiger charge is -2.15. The highest BCUT2D eigenvalue weighted by Gasteiger charge is 2.25. The summed E-state index contributed by atoms with van der Waals surface area (Å²) < 4.78 is 0.685. The summed E-state index contributed by atoms with van der Waals surface area (Å²) in [6.45, 7) is 2.66. The van der Waals surface area contributed by atoms with Crippen molar-refractivity contribution in [2.75, 3.05) is 12.3 Å². The molecule has 1 aromatic carbocycles. The number of hydrogen-bond acceptors (Lipinski definition) is 4. The molecule has 0 spiro atoms. The zero-order valence-electron chi connectivity index (χ0n) is 13.3. The summed E-state index contributed by atoms with van der Waals surface area (Å²) in [6, 6.07) is 9.96. The number of unbranched alkanes of at least 4 members (excludes halogenated alkanes) is 2. The Hall–Kier alpha value is -1.40. The first kappa shape index (κ1) is 17.9. The molecule has 1 N–H and O–H groups in total. The number of rotatable bonds is 8. The Kier molecular flexibility index (Phi) is 7.05. The van der Waals surface area contributed by atoms with Crippen LogP contribution >= 0.6 is 24.0 Å². The number of thioether (sulfide) groups is 1. The van der Waals surface area contributed by atoms with E-state index in [-0.39, 0.29) is 17.9 Å². The maximum atomic E-state index is 12.0. The number of nitrogens with zero attached hydrogens (tertiary/aromatic N) is 1. The van der Waals surface area contributed by atoms with Crippen molar-refractivity contribution < 1.29 is 9.59 Å². The molecule has 1 fully saturated rings. The third-order valence-corrected chi connectivity index (χ3v) is 5.24. The van der Waals surface area contributed by atoms with Gasteiger partial charge in [-0.2, -0.15) is 0 Å². The lowest BCUT2D eigenvalue weighted by Crippen LogP contribution is -2.29. The minimum absolute atomic E-state index is 0.0281. The summed E-state index contributed by atoms with van der Waals surface area (Å²) in [4.78, 5) is 25.2. The third kappa shape index (κ3) is 5.62. The van der Waals surface area contributed by atoms with Crippen LogP contribution in [0, 0.1) is 0 Å². The molecule has 0 radical (unpaired) electrons. The zero-order chi connectivity index (χ0) is 16.7. The molecule has 2 rings (SSSR count). The first-order valence-electron chi connectivity index (χ1n) is 7.89. The van der Waals surface area contributed by atoms with Gasteiger partial charge in [0, 0.05) is 13.0 Å². The number of thiocarbonyl (C=S) groups is 1. The van der Waals surface area contributed by atoms with Gasteiger partial charge in [-0.3, -0.25) is 14.5 Å². The van der Waals surface area contributed by atoms with Crippen molar-refractivity contribution in [3.63, 3.8) is 0 Å². The van der Waals surface area contributed by atoms with Crippen molar-refractivity contribution in [3.8, 4) is 0 Å². The van der Waals surface area contributed by atoms with Gasteiger partial charge in [0.2, 0.25) is 11.8 Å². The smallest absolute Gasteiger partial charge is 0.238 e. The SMILES string of the molecule is C[C@@H](NC(=O)CCCCCN1C(=O)CSC1=S)c1ccccc1. The second kappa shape index (κ2) is 9.03. The van der Waals surface area contributed by atoms with Gasteiger partial charge in [-0.1, -0.05) is 60.7 Å². The molecule has 1 heterocycles. The third-order valence-electron chi connectivity index (χ3n) is 3.80. The molecule has 0 bridgehead atoms. The molecule has 1 saturated heterocycles. The maximum Gasteiger partial charge on any atom is 0.238 e. The number of amides is 2. The first-order valence-corrected chi connectivity index (χ1v) is 9.28. The number of carbonyl (C=O) groups excluding carboxylic acids is 2. The van der Waals surface area contributed by atoms with Crippen molar-refractivity contribution in [3.05, 3.63) is 35.9 Å². The summed E-state index contributed by atoms with van der Waals surface area (Å²) in [5.41, 5.74) is 1.11. The van der Waals surface area contributed by atoms with Crippen molar-refractivity contribution in [2.24, 2.45) is 0 Å². The molecule has 0 aromatic heterocycles. The summed E-state index contributed by atoms with van der Waals surface area (Å²) in [5.74, 6) is 0.651. The fraction of sp³-hybridized carbons (Fsp3) is 0.471. The van der Waals surface area contributed by atoms with Crippen molar-refractivity contribution in [1.29, 1.82) is 0 Å². The lowest BCUT2D eigenvalue weighted by molar-refractivity contribution is -0.124. The van der Waals surface area contributed by atoms with Gasteiger partial charge in [0.1, 0.15) is 4.32 Å². The topological polar surface area (TPSA) is 49.4 Å². The van der Waals surface area contributed by atoms with Crippen LogP contribution in [0.4, 0.5) is 0 Å². The molecule has 1 aliphatic heterocycles. The fourth-order valence-corrected chi connectivity index (χ4v) is 3.59. The van der Waals surface area contributed by atoms with Crippen LogP contribution in [0.25, 0.3) is 0 Å². The summed E-state index contributed by atoms with van der Waals surface area (Å²) in [6.07, 6.45) is 3.15. The molecule has 1 atom stereocenters. The number of carbonyl (C=O) groups is 2. The molecular weight excluding hydrogens is 328 g/mol. The predicted octanol–water partition coefficient (Wildman–Crippen LogP) is 3.28. The fourth-order valence-electron chi connectivity index (χ4n) is 2.47. The van der Waals surface area contributed by atoms with Crippen LogP contribution in [0.5, 0.6) is 0 Å². The Labute approximate surface area is 147 Å². The van der Waals surface area contributed by atoms with E-state index in [0.29, 0.717) is 23.0 Å². The Morgan fingerprint density at radius 3 is 2.70 bits per heavy atom. The molecule has 23 heavy (non-hydrogen) atoms. The quantitative estimate of drug-likeness (QED) is 0.577. The van der Waals surface area contributed by atoms with Crippen LogP contribution in [-0.4, -0.2) is 33.3 Å². The van der Waals surface area contributed by atoms with E-state index in [0.717, 1.165) is 24.8 Å². The number of nitrogens with one attached hydrogen (secondary N) is 1. The second-order valence-corrected chi connectivity index (χ2v) is 7.22. The predicted molar refractivity (Wildman–Crippen MR) is 98.2 cm³/mol. The van der Waals surface area contributed by atoms with E-state index in [1.807, 2.05) is 37.3 Å².